The molecular formula is C14H22N2O2S. The fourth-order valence-corrected chi connectivity index (χ4v) is 1.94. The molecule has 4 nitrogen and oxygen atoms in total. The van der Waals surface area contributed by atoms with Crippen LogP contribution in [0.15, 0.2) is 30.3 Å². The summed E-state index contributed by atoms with van der Waals surface area (Å²) in [6, 6.07) is 9.94. The summed E-state index contributed by atoms with van der Waals surface area (Å²) in [5.74, 6) is 0. The monoisotopic (exact) mass is 282 g/mol. The Morgan fingerprint density at radius 2 is 1.79 bits per heavy atom. The average molecular weight is 282 g/mol. The zero-order chi connectivity index (χ0) is 13.9. The minimum atomic E-state index is 0.656. The summed E-state index contributed by atoms with van der Waals surface area (Å²) < 4.78 is 10.2. The Labute approximate surface area is 120 Å². The van der Waals surface area contributed by atoms with Crippen molar-refractivity contribution in [1.29, 1.82) is 0 Å². The topological polar surface area (TPSA) is 33.7 Å². The number of ether oxygens (including phenoxy) is 2. The van der Waals surface area contributed by atoms with Crippen LogP contribution in [0.5, 0.6) is 0 Å². The van der Waals surface area contributed by atoms with Crippen LogP contribution in [0, 0.1) is 0 Å². The Hall–Kier alpha value is -1.17. The predicted octanol–water partition coefficient (Wildman–Crippen LogP) is 2.37. The SMILES string of the molecule is COCCCN(CCOC)C(=S)Nc1ccccc1. The first-order valence-electron chi connectivity index (χ1n) is 6.36. The number of benzene rings is 1. The molecule has 0 aliphatic heterocycles. The Bertz CT molecular complexity index is 360. The minimum Gasteiger partial charge on any atom is -0.385 e. The van der Waals surface area contributed by atoms with Crippen molar-refractivity contribution in [3.05, 3.63) is 30.3 Å². The lowest BCUT2D eigenvalue weighted by molar-refractivity contribution is 0.162. The third-order valence-electron chi connectivity index (χ3n) is 2.65. The van der Waals surface area contributed by atoms with Gasteiger partial charge in [0.15, 0.2) is 5.11 Å². The number of para-hydroxylation sites is 1. The van der Waals surface area contributed by atoms with Crippen LogP contribution >= 0.6 is 12.2 Å². The Morgan fingerprint density at radius 1 is 1.11 bits per heavy atom. The number of nitrogens with one attached hydrogen (secondary N) is 1. The molecule has 0 radical (unpaired) electrons. The zero-order valence-corrected chi connectivity index (χ0v) is 12.4. The molecule has 0 aromatic heterocycles. The largest absolute Gasteiger partial charge is 0.385 e. The van der Waals surface area contributed by atoms with E-state index in [1.54, 1.807) is 14.2 Å². The van der Waals surface area contributed by atoms with Gasteiger partial charge >= 0.3 is 0 Å². The first-order valence-corrected chi connectivity index (χ1v) is 6.77. The molecule has 1 aromatic rings. The van der Waals surface area contributed by atoms with Gasteiger partial charge in [0.25, 0.3) is 0 Å². The van der Waals surface area contributed by atoms with Crippen molar-refractivity contribution in [3.8, 4) is 0 Å². The Balaban J connectivity index is 2.49. The van der Waals surface area contributed by atoms with Crippen molar-refractivity contribution >= 4 is 23.0 Å². The summed E-state index contributed by atoms with van der Waals surface area (Å²) in [5.41, 5.74) is 1.00. The van der Waals surface area contributed by atoms with Gasteiger partial charge in [-0.25, -0.2) is 0 Å². The van der Waals surface area contributed by atoms with Gasteiger partial charge in [-0.2, -0.15) is 0 Å². The third-order valence-corrected chi connectivity index (χ3v) is 3.01. The third kappa shape index (κ3) is 6.52. The van der Waals surface area contributed by atoms with Gasteiger partial charge < -0.3 is 19.7 Å². The first-order chi connectivity index (χ1) is 9.27. The van der Waals surface area contributed by atoms with Gasteiger partial charge in [-0.05, 0) is 30.8 Å². The molecule has 0 amide bonds. The van der Waals surface area contributed by atoms with Crippen LogP contribution in [0.4, 0.5) is 5.69 Å². The van der Waals surface area contributed by atoms with Crippen LogP contribution in [0.25, 0.3) is 0 Å². The highest BCUT2D eigenvalue weighted by molar-refractivity contribution is 7.80. The first kappa shape index (κ1) is 15.9. The van der Waals surface area contributed by atoms with Gasteiger partial charge in [0.05, 0.1) is 6.61 Å². The van der Waals surface area contributed by atoms with Crippen molar-refractivity contribution in [2.45, 2.75) is 6.42 Å². The molecule has 0 bridgehead atoms. The van der Waals surface area contributed by atoms with E-state index in [0.29, 0.717) is 6.61 Å². The summed E-state index contributed by atoms with van der Waals surface area (Å²) >= 11 is 5.44. The number of anilines is 1. The molecule has 0 spiro atoms. The summed E-state index contributed by atoms with van der Waals surface area (Å²) in [5, 5.41) is 3.96. The summed E-state index contributed by atoms with van der Waals surface area (Å²) in [6.45, 7) is 3.02. The minimum absolute atomic E-state index is 0.656. The molecule has 1 rings (SSSR count). The molecule has 1 aromatic carbocycles. The van der Waals surface area contributed by atoms with E-state index in [2.05, 4.69) is 10.2 Å². The lowest BCUT2D eigenvalue weighted by atomic mass is 10.3. The fourth-order valence-electron chi connectivity index (χ4n) is 1.64. The molecule has 0 heterocycles. The number of hydrogen-bond donors (Lipinski definition) is 1. The molecule has 0 atom stereocenters. The standard InChI is InChI=1S/C14H22N2O2S/c1-17-11-6-9-16(10-12-18-2)14(19)15-13-7-4-3-5-8-13/h3-5,7-8H,6,9-12H2,1-2H3,(H,15,19). The van der Waals surface area contributed by atoms with E-state index in [9.17, 15) is 0 Å². The smallest absolute Gasteiger partial charge is 0.173 e. The van der Waals surface area contributed by atoms with Gasteiger partial charge in [0, 0.05) is 39.6 Å². The van der Waals surface area contributed by atoms with E-state index in [4.69, 9.17) is 21.7 Å². The lowest BCUT2D eigenvalue weighted by Crippen LogP contribution is -2.38. The molecule has 0 saturated carbocycles. The van der Waals surface area contributed by atoms with Crippen LogP contribution in [0.2, 0.25) is 0 Å². The maximum atomic E-state index is 5.44. The summed E-state index contributed by atoms with van der Waals surface area (Å²) in [6.07, 6.45) is 0.941. The van der Waals surface area contributed by atoms with Gasteiger partial charge in [0.1, 0.15) is 0 Å². The molecule has 0 aliphatic carbocycles. The van der Waals surface area contributed by atoms with E-state index in [1.165, 1.54) is 0 Å². The van der Waals surface area contributed by atoms with Gasteiger partial charge in [-0.15, -0.1) is 0 Å². The van der Waals surface area contributed by atoms with Crippen LogP contribution in [0.1, 0.15) is 6.42 Å². The second-order valence-electron chi connectivity index (χ2n) is 4.12. The van der Waals surface area contributed by atoms with Crippen molar-refractivity contribution in [2.75, 3.05) is 45.8 Å². The predicted molar refractivity (Wildman–Crippen MR) is 82.6 cm³/mol. The van der Waals surface area contributed by atoms with Gasteiger partial charge in [-0.1, -0.05) is 18.2 Å². The van der Waals surface area contributed by atoms with E-state index in [-0.39, 0.29) is 0 Å². The number of thiocarbonyl (C=S) groups is 1. The molecule has 0 fully saturated rings. The Kier molecular flexibility index (Phi) is 8.13. The number of rotatable bonds is 8. The second-order valence-corrected chi connectivity index (χ2v) is 4.51. The van der Waals surface area contributed by atoms with Crippen molar-refractivity contribution < 1.29 is 9.47 Å². The maximum absolute atomic E-state index is 5.44. The van der Waals surface area contributed by atoms with E-state index < -0.39 is 0 Å². The highest BCUT2D eigenvalue weighted by Crippen LogP contribution is 2.07. The quantitative estimate of drug-likeness (QED) is 0.585. The molecule has 1 N–H and O–H groups in total. The maximum Gasteiger partial charge on any atom is 0.173 e. The number of nitrogens with zero attached hydrogens (tertiary/aromatic N) is 1. The molecule has 106 valence electrons. The summed E-state index contributed by atoms with van der Waals surface area (Å²) in [7, 11) is 3.40. The van der Waals surface area contributed by atoms with E-state index in [0.717, 1.165) is 36.9 Å². The average Bonchev–Trinajstić information content (AvgIpc) is 2.43. The van der Waals surface area contributed by atoms with Crippen LogP contribution in [0.3, 0.4) is 0 Å². The van der Waals surface area contributed by atoms with Crippen LogP contribution in [-0.2, 0) is 9.47 Å². The molecule has 0 unspecified atom stereocenters. The number of methoxy groups -OCH3 is 2. The normalized spacial score (nSPS) is 10.2. The van der Waals surface area contributed by atoms with Crippen molar-refractivity contribution in [1.82, 2.24) is 4.90 Å². The fraction of sp³-hybridized carbons (Fsp3) is 0.500. The Morgan fingerprint density at radius 3 is 2.42 bits per heavy atom. The molecule has 5 heteroatoms. The lowest BCUT2D eigenvalue weighted by Gasteiger charge is -2.25. The molecule has 0 aliphatic rings. The highest BCUT2D eigenvalue weighted by Gasteiger charge is 2.09. The molecular weight excluding hydrogens is 260 g/mol. The van der Waals surface area contributed by atoms with E-state index >= 15 is 0 Å². The van der Waals surface area contributed by atoms with Gasteiger partial charge in [0.2, 0.25) is 0 Å². The van der Waals surface area contributed by atoms with Crippen LogP contribution < -0.4 is 5.32 Å². The van der Waals surface area contributed by atoms with E-state index in [1.807, 2.05) is 30.3 Å². The second kappa shape index (κ2) is 9.72. The van der Waals surface area contributed by atoms with Gasteiger partial charge in [-0.3, -0.25) is 0 Å². The molecule has 19 heavy (non-hydrogen) atoms. The number of hydrogen-bond acceptors (Lipinski definition) is 3. The highest BCUT2D eigenvalue weighted by atomic mass is 32.1. The zero-order valence-electron chi connectivity index (χ0n) is 11.6. The van der Waals surface area contributed by atoms with Crippen molar-refractivity contribution in [2.24, 2.45) is 0 Å². The summed E-state index contributed by atoms with van der Waals surface area (Å²) in [4.78, 5) is 2.10. The molecule has 0 saturated heterocycles. The van der Waals surface area contributed by atoms with Crippen LogP contribution in [-0.4, -0.2) is 50.5 Å². The van der Waals surface area contributed by atoms with Crippen molar-refractivity contribution in [3.63, 3.8) is 0 Å².